The predicted molar refractivity (Wildman–Crippen MR) is 101 cm³/mol. The Bertz CT molecular complexity index is 957. The van der Waals surface area contributed by atoms with E-state index in [0.29, 0.717) is 12.1 Å². The van der Waals surface area contributed by atoms with Crippen molar-refractivity contribution in [1.29, 1.82) is 0 Å². The van der Waals surface area contributed by atoms with Crippen LogP contribution in [0.15, 0.2) is 97.1 Å². The maximum Gasteiger partial charge on any atom is 0.202 e. The molecule has 0 saturated carbocycles. The van der Waals surface area contributed by atoms with Gasteiger partial charge in [-0.25, -0.2) is 0 Å². The molecule has 25 heavy (non-hydrogen) atoms. The maximum atomic E-state index is 15.3. The molecule has 2 heteroatoms. The van der Waals surface area contributed by atoms with Crippen molar-refractivity contribution in [2.45, 2.75) is 6.54 Å². The van der Waals surface area contributed by atoms with Gasteiger partial charge in [-0.05, 0) is 22.8 Å². The highest BCUT2D eigenvalue weighted by atomic mass is 19.1. The highest BCUT2D eigenvalue weighted by Gasteiger charge is 2.17. The summed E-state index contributed by atoms with van der Waals surface area (Å²) >= 11 is 0. The lowest BCUT2D eigenvalue weighted by Gasteiger charge is -2.10. The normalized spacial score (nSPS) is 10.8. The Hall–Kier alpha value is -3.13. The minimum atomic E-state index is -0.200. The molecular weight excluding hydrogens is 309 g/mol. The van der Waals surface area contributed by atoms with Crippen molar-refractivity contribution in [3.63, 3.8) is 0 Å². The van der Waals surface area contributed by atoms with Crippen molar-refractivity contribution >= 4 is 0 Å². The van der Waals surface area contributed by atoms with Crippen molar-refractivity contribution in [2.24, 2.45) is 0 Å². The van der Waals surface area contributed by atoms with E-state index in [2.05, 4.69) is 0 Å². The molecule has 0 spiro atoms. The van der Waals surface area contributed by atoms with E-state index in [9.17, 15) is 0 Å². The smallest absolute Gasteiger partial charge is 0.202 e. The fraction of sp³-hybridized carbons (Fsp3) is 0.0435. The van der Waals surface area contributed by atoms with Crippen LogP contribution in [0.5, 0.6) is 0 Å². The van der Waals surface area contributed by atoms with Gasteiger partial charge >= 0.3 is 0 Å². The SMILES string of the molecule is Fc1c(-c2ccccc2)cc(-c2ccccc2)n1Cc1ccccc1. The van der Waals surface area contributed by atoms with E-state index in [1.165, 1.54) is 0 Å². The largest absolute Gasteiger partial charge is 0.313 e. The van der Waals surface area contributed by atoms with E-state index in [-0.39, 0.29) is 5.95 Å². The van der Waals surface area contributed by atoms with Crippen LogP contribution in [0, 0.1) is 5.95 Å². The minimum Gasteiger partial charge on any atom is -0.313 e. The molecule has 0 radical (unpaired) electrons. The van der Waals surface area contributed by atoms with Crippen LogP contribution in [0.2, 0.25) is 0 Å². The standard InChI is InChI=1S/C23H18FN/c24-23-21(19-12-6-2-7-13-19)16-22(20-14-8-3-9-15-20)25(23)17-18-10-4-1-5-11-18/h1-16H,17H2. The zero-order chi connectivity index (χ0) is 17.1. The average molecular weight is 327 g/mol. The Morgan fingerprint density at radius 1 is 0.640 bits per heavy atom. The van der Waals surface area contributed by atoms with Crippen LogP contribution in [0.4, 0.5) is 4.39 Å². The second-order valence-electron chi connectivity index (χ2n) is 6.04. The Labute approximate surface area is 147 Å². The van der Waals surface area contributed by atoms with Crippen LogP contribution in [0.1, 0.15) is 5.56 Å². The van der Waals surface area contributed by atoms with E-state index < -0.39 is 0 Å². The molecule has 0 aliphatic rings. The monoisotopic (exact) mass is 327 g/mol. The van der Waals surface area contributed by atoms with Crippen molar-refractivity contribution < 1.29 is 4.39 Å². The molecule has 4 aromatic rings. The summed E-state index contributed by atoms with van der Waals surface area (Å²) in [7, 11) is 0. The van der Waals surface area contributed by atoms with E-state index in [4.69, 9.17) is 0 Å². The molecule has 122 valence electrons. The first-order valence-electron chi connectivity index (χ1n) is 8.37. The number of hydrogen-bond acceptors (Lipinski definition) is 0. The van der Waals surface area contributed by atoms with Crippen molar-refractivity contribution in [2.75, 3.05) is 0 Å². The van der Waals surface area contributed by atoms with Crippen molar-refractivity contribution in [3.05, 3.63) is 109 Å². The summed E-state index contributed by atoms with van der Waals surface area (Å²) in [5.74, 6) is -0.200. The molecule has 0 aliphatic heterocycles. The Kier molecular flexibility index (Phi) is 4.17. The van der Waals surface area contributed by atoms with Crippen LogP contribution < -0.4 is 0 Å². The molecule has 0 fully saturated rings. The van der Waals surface area contributed by atoms with Gasteiger partial charge in [0.05, 0.1) is 12.2 Å². The lowest BCUT2D eigenvalue weighted by atomic mass is 10.1. The first-order valence-corrected chi connectivity index (χ1v) is 8.37. The van der Waals surface area contributed by atoms with Gasteiger partial charge in [0.15, 0.2) is 0 Å². The molecular formula is C23H18FN. The lowest BCUT2D eigenvalue weighted by Crippen LogP contribution is -2.04. The van der Waals surface area contributed by atoms with Gasteiger partial charge in [0.2, 0.25) is 5.95 Å². The summed E-state index contributed by atoms with van der Waals surface area (Å²) in [5, 5.41) is 0. The maximum absolute atomic E-state index is 15.3. The Morgan fingerprint density at radius 2 is 1.16 bits per heavy atom. The second-order valence-corrected chi connectivity index (χ2v) is 6.04. The summed E-state index contributed by atoms with van der Waals surface area (Å²) in [6, 6.07) is 31.6. The van der Waals surface area contributed by atoms with Gasteiger partial charge in [-0.1, -0.05) is 91.0 Å². The third-order valence-electron chi connectivity index (χ3n) is 4.37. The number of rotatable bonds is 4. The molecule has 1 heterocycles. The van der Waals surface area contributed by atoms with Crippen molar-refractivity contribution in [3.8, 4) is 22.4 Å². The number of aromatic nitrogens is 1. The fourth-order valence-electron chi connectivity index (χ4n) is 3.11. The molecule has 0 N–H and O–H groups in total. The molecule has 1 nitrogen and oxygen atoms in total. The molecule has 3 aromatic carbocycles. The molecule has 0 atom stereocenters. The summed E-state index contributed by atoms with van der Waals surface area (Å²) < 4.78 is 17.1. The summed E-state index contributed by atoms with van der Waals surface area (Å²) in [5.41, 5.74) is 4.51. The first kappa shape index (κ1) is 15.4. The predicted octanol–water partition coefficient (Wildman–Crippen LogP) is 6.01. The second kappa shape index (κ2) is 6.78. The average Bonchev–Trinajstić information content (AvgIpc) is 3.01. The molecule has 0 bridgehead atoms. The number of nitrogens with zero attached hydrogens (tertiary/aromatic N) is 1. The van der Waals surface area contributed by atoms with E-state index in [1.54, 1.807) is 4.57 Å². The zero-order valence-electron chi connectivity index (χ0n) is 13.8. The molecule has 0 aliphatic carbocycles. The quantitative estimate of drug-likeness (QED) is 0.432. The lowest BCUT2D eigenvalue weighted by molar-refractivity contribution is 0.522. The third-order valence-corrected chi connectivity index (χ3v) is 4.37. The van der Waals surface area contributed by atoms with Gasteiger partial charge in [-0.3, -0.25) is 0 Å². The highest BCUT2D eigenvalue weighted by Crippen LogP contribution is 2.32. The van der Waals surface area contributed by atoms with Crippen LogP contribution in [0.25, 0.3) is 22.4 Å². The first-order chi connectivity index (χ1) is 12.3. The van der Waals surface area contributed by atoms with Crippen LogP contribution in [0.3, 0.4) is 0 Å². The van der Waals surface area contributed by atoms with Gasteiger partial charge in [0, 0.05) is 5.56 Å². The molecule has 0 unspecified atom stereocenters. The summed E-state index contributed by atoms with van der Waals surface area (Å²) in [6.07, 6.45) is 0. The van der Waals surface area contributed by atoms with E-state index >= 15 is 4.39 Å². The molecule has 1 aromatic heterocycles. The Balaban J connectivity index is 1.87. The van der Waals surface area contributed by atoms with Gasteiger partial charge in [-0.2, -0.15) is 4.39 Å². The highest BCUT2D eigenvalue weighted by molar-refractivity contribution is 5.72. The van der Waals surface area contributed by atoms with Gasteiger partial charge in [0.1, 0.15) is 0 Å². The summed E-state index contributed by atoms with van der Waals surface area (Å²) in [6.45, 7) is 0.504. The van der Waals surface area contributed by atoms with Gasteiger partial charge in [0.25, 0.3) is 0 Å². The fourth-order valence-corrected chi connectivity index (χ4v) is 3.11. The van der Waals surface area contributed by atoms with Crippen LogP contribution in [-0.4, -0.2) is 4.57 Å². The van der Waals surface area contributed by atoms with Gasteiger partial charge in [-0.15, -0.1) is 0 Å². The summed E-state index contributed by atoms with van der Waals surface area (Å²) in [4.78, 5) is 0. The number of halogens is 1. The third kappa shape index (κ3) is 3.11. The van der Waals surface area contributed by atoms with Crippen LogP contribution in [-0.2, 0) is 6.54 Å². The molecule has 4 rings (SSSR count). The zero-order valence-corrected chi connectivity index (χ0v) is 13.8. The molecule has 0 saturated heterocycles. The van der Waals surface area contributed by atoms with E-state index in [1.807, 2.05) is 97.1 Å². The number of benzene rings is 3. The minimum absolute atomic E-state index is 0.200. The topological polar surface area (TPSA) is 4.93 Å². The van der Waals surface area contributed by atoms with Crippen LogP contribution >= 0.6 is 0 Å². The Morgan fingerprint density at radius 3 is 1.76 bits per heavy atom. The van der Waals surface area contributed by atoms with Gasteiger partial charge < -0.3 is 4.57 Å². The van der Waals surface area contributed by atoms with Crippen molar-refractivity contribution in [1.82, 2.24) is 4.57 Å². The van der Waals surface area contributed by atoms with E-state index in [0.717, 1.165) is 22.4 Å². The number of hydrogen-bond donors (Lipinski definition) is 0. The molecule has 0 amide bonds.